The third-order valence-corrected chi connectivity index (χ3v) is 4.49. The first-order chi connectivity index (χ1) is 10.5. The van der Waals surface area contributed by atoms with Gasteiger partial charge in [0.1, 0.15) is 5.75 Å². The van der Waals surface area contributed by atoms with Gasteiger partial charge in [-0.2, -0.15) is 0 Å². The van der Waals surface area contributed by atoms with Gasteiger partial charge in [0.25, 0.3) is 15.9 Å². The van der Waals surface area contributed by atoms with Crippen LogP contribution in [0.5, 0.6) is 5.75 Å². The number of nitrogens with one attached hydrogen (secondary N) is 2. The van der Waals surface area contributed by atoms with Gasteiger partial charge in [0.15, 0.2) is 6.10 Å². The Morgan fingerprint density at radius 3 is 2.86 bits per heavy atom. The van der Waals surface area contributed by atoms with Crippen LogP contribution in [0.15, 0.2) is 47.6 Å². The van der Waals surface area contributed by atoms with Gasteiger partial charge in [0, 0.05) is 12.3 Å². The van der Waals surface area contributed by atoms with Gasteiger partial charge < -0.3 is 10.1 Å². The number of fused-ring (bicyclic) bond motifs is 1. The van der Waals surface area contributed by atoms with Crippen molar-refractivity contribution < 1.29 is 17.9 Å². The Kier molecular flexibility index (Phi) is 3.45. The minimum absolute atomic E-state index is 0.0402. The molecule has 0 fully saturated rings. The largest absolute Gasteiger partial charge is 0.479 e. The quantitative estimate of drug-likeness (QED) is 0.895. The van der Waals surface area contributed by atoms with Crippen LogP contribution in [0.3, 0.4) is 0 Å². The lowest BCUT2D eigenvalue weighted by Gasteiger charge is -2.23. The maximum absolute atomic E-state index is 12.4. The fraction of sp³-hybridized carbons (Fsp3) is 0.143. The molecule has 0 saturated carbocycles. The number of pyridine rings is 1. The Labute approximate surface area is 127 Å². The fourth-order valence-electron chi connectivity index (χ4n) is 1.99. The van der Waals surface area contributed by atoms with Crippen molar-refractivity contribution in [1.82, 2.24) is 4.98 Å². The number of sulfonamides is 1. The molecule has 0 unspecified atom stereocenters. The van der Waals surface area contributed by atoms with E-state index in [0.29, 0.717) is 17.1 Å². The molecule has 0 aliphatic carbocycles. The van der Waals surface area contributed by atoms with Crippen LogP contribution in [0.4, 0.5) is 11.4 Å². The van der Waals surface area contributed by atoms with Gasteiger partial charge in [-0.15, -0.1) is 0 Å². The van der Waals surface area contributed by atoms with E-state index < -0.39 is 16.1 Å². The van der Waals surface area contributed by atoms with E-state index in [9.17, 15) is 13.2 Å². The van der Waals surface area contributed by atoms with Crippen LogP contribution in [0, 0.1) is 0 Å². The first-order valence-corrected chi connectivity index (χ1v) is 7.98. The fourth-order valence-corrected chi connectivity index (χ4v) is 3.04. The Bertz CT molecular complexity index is 821. The Balaban J connectivity index is 1.92. The second kappa shape index (κ2) is 5.30. The van der Waals surface area contributed by atoms with Crippen molar-refractivity contribution in [3.63, 3.8) is 0 Å². The average Bonchev–Trinajstić information content (AvgIpc) is 2.48. The van der Waals surface area contributed by atoms with Gasteiger partial charge in [0.05, 0.1) is 22.5 Å². The SMILES string of the molecule is C[C@@H]1Oc2cc(S(=O)(=O)Nc3cccnc3)ccc2NC1=O. The molecular weight excluding hydrogens is 306 g/mol. The lowest BCUT2D eigenvalue weighted by atomic mass is 10.2. The summed E-state index contributed by atoms with van der Waals surface area (Å²) in [4.78, 5) is 15.4. The van der Waals surface area contributed by atoms with Gasteiger partial charge in [-0.05, 0) is 31.2 Å². The van der Waals surface area contributed by atoms with E-state index in [0.717, 1.165) is 0 Å². The maximum atomic E-state index is 12.4. The smallest absolute Gasteiger partial charge is 0.265 e. The van der Waals surface area contributed by atoms with E-state index in [-0.39, 0.29) is 10.8 Å². The lowest BCUT2D eigenvalue weighted by Crippen LogP contribution is -2.34. The number of carbonyl (C=O) groups excluding carboxylic acids is 1. The van der Waals surface area contributed by atoms with E-state index in [4.69, 9.17) is 4.74 Å². The zero-order valence-electron chi connectivity index (χ0n) is 11.6. The van der Waals surface area contributed by atoms with Crippen LogP contribution in [-0.4, -0.2) is 25.4 Å². The molecule has 8 heteroatoms. The van der Waals surface area contributed by atoms with Crippen LogP contribution < -0.4 is 14.8 Å². The predicted molar refractivity (Wildman–Crippen MR) is 80.2 cm³/mol. The van der Waals surface area contributed by atoms with Gasteiger partial charge in [-0.3, -0.25) is 14.5 Å². The lowest BCUT2D eigenvalue weighted by molar-refractivity contribution is -0.122. The number of aromatic nitrogens is 1. The summed E-state index contributed by atoms with van der Waals surface area (Å²) >= 11 is 0. The van der Waals surface area contributed by atoms with Gasteiger partial charge >= 0.3 is 0 Å². The van der Waals surface area contributed by atoms with Crippen molar-refractivity contribution in [2.24, 2.45) is 0 Å². The molecule has 1 atom stereocenters. The van der Waals surface area contributed by atoms with Crippen molar-refractivity contribution in [3.8, 4) is 5.75 Å². The van der Waals surface area contributed by atoms with Crippen molar-refractivity contribution in [2.45, 2.75) is 17.9 Å². The molecule has 0 spiro atoms. The number of benzene rings is 1. The number of nitrogens with zero attached hydrogens (tertiary/aromatic N) is 1. The van der Waals surface area contributed by atoms with E-state index >= 15 is 0 Å². The number of hydrogen-bond donors (Lipinski definition) is 2. The van der Waals surface area contributed by atoms with E-state index in [1.54, 1.807) is 25.3 Å². The van der Waals surface area contributed by atoms with Crippen molar-refractivity contribution in [3.05, 3.63) is 42.7 Å². The van der Waals surface area contributed by atoms with Crippen LogP contribution in [-0.2, 0) is 14.8 Å². The number of amides is 1. The topological polar surface area (TPSA) is 97.4 Å². The predicted octanol–water partition coefficient (Wildman–Crippen LogP) is 1.60. The van der Waals surface area contributed by atoms with Crippen LogP contribution in [0.25, 0.3) is 0 Å². The number of rotatable bonds is 3. The Hall–Kier alpha value is -2.61. The minimum Gasteiger partial charge on any atom is -0.479 e. The Morgan fingerprint density at radius 1 is 1.32 bits per heavy atom. The molecule has 1 aromatic carbocycles. The highest BCUT2D eigenvalue weighted by Crippen LogP contribution is 2.32. The minimum atomic E-state index is -3.76. The summed E-state index contributed by atoms with van der Waals surface area (Å²) in [6, 6.07) is 7.50. The summed E-state index contributed by atoms with van der Waals surface area (Å²) < 4.78 is 32.5. The Morgan fingerprint density at radius 2 is 2.14 bits per heavy atom. The molecule has 114 valence electrons. The van der Waals surface area contributed by atoms with E-state index in [1.165, 1.54) is 24.4 Å². The van der Waals surface area contributed by atoms with Crippen molar-refractivity contribution in [2.75, 3.05) is 10.0 Å². The standard InChI is InChI=1S/C14H13N3O4S/c1-9-14(18)16-12-5-4-11(7-13(12)21-9)22(19,20)17-10-3-2-6-15-8-10/h2-9,17H,1H3,(H,16,18)/t9-/m0/s1. The monoisotopic (exact) mass is 319 g/mol. The number of hydrogen-bond acceptors (Lipinski definition) is 5. The summed E-state index contributed by atoms with van der Waals surface area (Å²) in [6.45, 7) is 1.59. The molecule has 1 amide bonds. The highest BCUT2D eigenvalue weighted by molar-refractivity contribution is 7.92. The van der Waals surface area contributed by atoms with Crippen LogP contribution in [0.2, 0.25) is 0 Å². The van der Waals surface area contributed by atoms with Gasteiger partial charge in [0.2, 0.25) is 0 Å². The molecule has 7 nitrogen and oxygen atoms in total. The van der Waals surface area contributed by atoms with E-state index in [1.807, 2.05) is 0 Å². The summed E-state index contributed by atoms with van der Waals surface area (Å²) in [5.41, 5.74) is 0.811. The summed E-state index contributed by atoms with van der Waals surface area (Å²) in [5, 5.41) is 2.65. The highest BCUT2D eigenvalue weighted by atomic mass is 32.2. The first-order valence-electron chi connectivity index (χ1n) is 6.50. The maximum Gasteiger partial charge on any atom is 0.265 e. The number of ether oxygens (including phenoxy) is 1. The number of carbonyl (C=O) groups is 1. The summed E-state index contributed by atoms with van der Waals surface area (Å²) in [5.74, 6) is 0.0535. The average molecular weight is 319 g/mol. The number of anilines is 2. The third-order valence-electron chi connectivity index (χ3n) is 3.11. The zero-order valence-corrected chi connectivity index (χ0v) is 12.4. The highest BCUT2D eigenvalue weighted by Gasteiger charge is 2.25. The normalized spacial score (nSPS) is 17.1. The van der Waals surface area contributed by atoms with Crippen molar-refractivity contribution >= 4 is 27.3 Å². The molecule has 0 saturated heterocycles. The third kappa shape index (κ3) is 2.73. The molecule has 0 bridgehead atoms. The van der Waals surface area contributed by atoms with Crippen LogP contribution >= 0.6 is 0 Å². The summed E-state index contributed by atoms with van der Waals surface area (Å²) in [7, 11) is -3.76. The molecule has 2 heterocycles. The molecule has 0 radical (unpaired) electrons. The van der Waals surface area contributed by atoms with Gasteiger partial charge in [-0.25, -0.2) is 8.42 Å². The van der Waals surface area contributed by atoms with Crippen LogP contribution in [0.1, 0.15) is 6.92 Å². The molecule has 1 aliphatic heterocycles. The molecular formula is C14H13N3O4S. The summed E-state index contributed by atoms with van der Waals surface area (Å²) in [6.07, 6.45) is 2.29. The first kappa shape index (κ1) is 14.3. The molecule has 2 aromatic rings. The molecule has 1 aliphatic rings. The molecule has 22 heavy (non-hydrogen) atoms. The second-order valence-electron chi connectivity index (χ2n) is 4.75. The van der Waals surface area contributed by atoms with E-state index in [2.05, 4.69) is 15.0 Å². The molecule has 2 N–H and O–H groups in total. The molecule has 1 aromatic heterocycles. The van der Waals surface area contributed by atoms with Gasteiger partial charge in [-0.1, -0.05) is 0 Å². The van der Waals surface area contributed by atoms with Crippen molar-refractivity contribution in [1.29, 1.82) is 0 Å². The second-order valence-corrected chi connectivity index (χ2v) is 6.44. The zero-order chi connectivity index (χ0) is 15.7. The molecule has 3 rings (SSSR count).